The Morgan fingerprint density at radius 3 is 2.80 bits per heavy atom. The van der Waals surface area contributed by atoms with Gasteiger partial charge in [0.15, 0.2) is 0 Å². The van der Waals surface area contributed by atoms with Crippen LogP contribution < -0.4 is 5.32 Å². The highest BCUT2D eigenvalue weighted by Gasteiger charge is 2.09. The second-order valence-electron chi connectivity index (χ2n) is 3.61. The molecule has 0 atom stereocenters. The van der Waals surface area contributed by atoms with Crippen LogP contribution in [0.4, 0.5) is 3.89 Å². The predicted molar refractivity (Wildman–Crippen MR) is 59.3 cm³/mol. The highest BCUT2D eigenvalue weighted by molar-refractivity contribution is 7.94. The van der Waals surface area contributed by atoms with Crippen molar-refractivity contribution in [2.45, 2.75) is 11.6 Å². The lowest BCUT2D eigenvalue weighted by atomic mass is 10.2. The van der Waals surface area contributed by atoms with E-state index in [4.69, 9.17) is 0 Å². The number of nitrogens with zero attached hydrogens (tertiary/aromatic N) is 2. The minimum atomic E-state index is 0.189. The van der Waals surface area contributed by atoms with Gasteiger partial charge in [-0.15, -0.1) is 0 Å². The van der Waals surface area contributed by atoms with E-state index in [1.54, 1.807) is 12.3 Å². The van der Waals surface area contributed by atoms with Crippen LogP contribution in [0.5, 0.6) is 0 Å². The first kappa shape index (κ1) is 10.9. The maximum atomic E-state index is 12.2. The van der Waals surface area contributed by atoms with Gasteiger partial charge in [-0.05, 0) is 11.6 Å². The first-order valence-electron chi connectivity index (χ1n) is 5.05. The van der Waals surface area contributed by atoms with E-state index >= 15 is 0 Å². The van der Waals surface area contributed by atoms with Crippen LogP contribution in [0, 0.1) is 0 Å². The maximum absolute atomic E-state index is 12.2. The number of aromatic nitrogens is 1. The van der Waals surface area contributed by atoms with Gasteiger partial charge in [0.2, 0.25) is 0 Å². The summed E-state index contributed by atoms with van der Waals surface area (Å²) in [6, 6.07) is 3.67. The van der Waals surface area contributed by atoms with Gasteiger partial charge in [-0.3, -0.25) is 4.90 Å². The molecule has 1 fully saturated rings. The van der Waals surface area contributed by atoms with E-state index in [2.05, 4.69) is 15.2 Å². The van der Waals surface area contributed by atoms with Crippen molar-refractivity contribution in [3.63, 3.8) is 0 Å². The summed E-state index contributed by atoms with van der Waals surface area (Å²) in [5.74, 6) is 0. The van der Waals surface area contributed by atoms with Gasteiger partial charge in [0, 0.05) is 38.9 Å². The molecule has 0 spiro atoms. The molecule has 0 aliphatic carbocycles. The van der Waals surface area contributed by atoms with E-state index in [0.717, 1.165) is 38.3 Å². The highest BCUT2D eigenvalue weighted by Crippen LogP contribution is 2.16. The zero-order valence-electron chi connectivity index (χ0n) is 8.45. The number of halogens is 1. The van der Waals surface area contributed by atoms with E-state index < -0.39 is 0 Å². The molecule has 0 aromatic carbocycles. The zero-order valence-corrected chi connectivity index (χ0v) is 9.26. The SMILES string of the molecule is FSc1ccc(CN2CCNCC2)cn1. The first-order chi connectivity index (χ1) is 7.38. The lowest BCUT2D eigenvalue weighted by molar-refractivity contribution is 0.233. The van der Waals surface area contributed by atoms with E-state index in [9.17, 15) is 3.89 Å². The molecule has 1 aromatic heterocycles. The van der Waals surface area contributed by atoms with Crippen LogP contribution in [0.25, 0.3) is 0 Å². The fraction of sp³-hybridized carbons (Fsp3) is 0.500. The molecule has 5 heteroatoms. The maximum Gasteiger partial charge on any atom is 0.129 e. The van der Waals surface area contributed by atoms with Crippen LogP contribution in [-0.2, 0) is 6.54 Å². The Hall–Kier alpha value is -0.650. The fourth-order valence-electron chi connectivity index (χ4n) is 1.68. The average molecular weight is 227 g/mol. The van der Waals surface area contributed by atoms with Gasteiger partial charge in [0.1, 0.15) is 17.2 Å². The molecule has 15 heavy (non-hydrogen) atoms. The molecule has 1 aromatic rings. The van der Waals surface area contributed by atoms with Crippen molar-refractivity contribution in [1.82, 2.24) is 15.2 Å². The lowest BCUT2D eigenvalue weighted by Gasteiger charge is -2.26. The number of pyridine rings is 1. The smallest absolute Gasteiger partial charge is 0.129 e. The normalized spacial score (nSPS) is 17.9. The Kier molecular flexibility index (Phi) is 3.94. The largest absolute Gasteiger partial charge is 0.314 e. The molecule has 0 unspecified atom stereocenters. The van der Waals surface area contributed by atoms with E-state index in [1.165, 1.54) is 0 Å². The monoisotopic (exact) mass is 227 g/mol. The van der Waals surface area contributed by atoms with Crippen molar-refractivity contribution >= 4 is 12.1 Å². The van der Waals surface area contributed by atoms with Crippen LogP contribution in [0.2, 0.25) is 0 Å². The molecule has 1 aliphatic rings. The molecule has 1 saturated heterocycles. The zero-order chi connectivity index (χ0) is 10.5. The van der Waals surface area contributed by atoms with Crippen molar-refractivity contribution in [3.05, 3.63) is 23.9 Å². The first-order valence-corrected chi connectivity index (χ1v) is 5.77. The van der Waals surface area contributed by atoms with Crippen molar-refractivity contribution in [1.29, 1.82) is 0 Å². The quantitative estimate of drug-likeness (QED) is 0.846. The summed E-state index contributed by atoms with van der Waals surface area (Å²) in [6.07, 6.45) is 1.75. The Morgan fingerprint density at radius 2 is 2.20 bits per heavy atom. The van der Waals surface area contributed by atoms with Crippen molar-refractivity contribution in [2.75, 3.05) is 26.2 Å². The van der Waals surface area contributed by atoms with Crippen molar-refractivity contribution in [2.24, 2.45) is 0 Å². The summed E-state index contributed by atoms with van der Waals surface area (Å²) in [4.78, 5) is 6.38. The van der Waals surface area contributed by atoms with Crippen LogP contribution in [0.3, 0.4) is 0 Å². The highest BCUT2D eigenvalue weighted by atomic mass is 32.2. The topological polar surface area (TPSA) is 28.2 Å². The van der Waals surface area contributed by atoms with Crippen molar-refractivity contribution < 1.29 is 3.89 Å². The standard InChI is InChI=1S/C10H14FN3S/c11-15-10-2-1-9(7-13-10)8-14-5-3-12-4-6-14/h1-2,7,12H,3-6,8H2. The summed E-state index contributed by atoms with van der Waals surface area (Å²) in [7, 11) is 0. The molecule has 0 saturated carbocycles. The van der Waals surface area contributed by atoms with Gasteiger partial charge in [-0.1, -0.05) is 6.07 Å². The fourth-order valence-corrected chi connectivity index (χ4v) is 1.89. The van der Waals surface area contributed by atoms with Gasteiger partial charge in [-0.2, -0.15) is 3.89 Å². The average Bonchev–Trinajstić information content (AvgIpc) is 2.31. The molecule has 2 heterocycles. The van der Waals surface area contributed by atoms with Gasteiger partial charge < -0.3 is 5.32 Å². The van der Waals surface area contributed by atoms with Gasteiger partial charge in [0.05, 0.1) is 0 Å². The van der Waals surface area contributed by atoms with Gasteiger partial charge in [0.25, 0.3) is 0 Å². The summed E-state index contributed by atoms with van der Waals surface area (Å²) in [5, 5.41) is 3.74. The Balaban J connectivity index is 1.91. The summed E-state index contributed by atoms with van der Waals surface area (Å²) in [6.45, 7) is 5.14. The predicted octanol–water partition coefficient (Wildman–Crippen LogP) is 1.46. The molecule has 1 aliphatic heterocycles. The molecule has 1 N–H and O–H groups in total. The number of nitrogens with one attached hydrogen (secondary N) is 1. The molecule has 2 rings (SSSR count). The van der Waals surface area contributed by atoms with Gasteiger partial charge in [-0.25, -0.2) is 4.98 Å². The number of piperazine rings is 1. The third kappa shape index (κ3) is 3.15. The minimum Gasteiger partial charge on any atom is -0.314 e. The number of hydrogen-bond donors (Lipinski definition) is 1. The Bertz CT molecular complexity index is 298. The Labute approximate surface area is 93.4 Å². The molecular weight excluding hydrogens is 213 g/mol. The Morgan fingerprint density at radius 1 is 1.40 bits per heavy atom. The van der Waals surface area contributed by atoms with E-state index in [0.29, 0.717) is 5.03 Å². The van der Waals surface area contributed by atoms with Crippen LogP contribution >= 0.6 is 12.1 Å². The summed E-state index contributed by atoms with van der Waals surface area (Å²) in [5.41, 5.74) is 1.15. The lowest BCUT2D eigenvalue weighted by Crippen LogP contribution is -2.42. The number of hydrogen-bond acceptors (Lipinski definition) is 4. The third-order valence-electron chi connectivity index (χ3n) is 2.49. The molecular formula is C10H14FN3S. The van der Waals surface area contributed by atoms with Crippen LogP contribution in [-0.4, -0.2) is 36.1 Å². The summed E-state index contributed by atoms with van der Waals surface area (Å²) >= 11 is 0.189. The van der Waals surface area contributed by atoms with Crippen LogP contribution in [0.1, 0.15) is 5.56 Å². The molecule has 82 valence electrons. The minimum absolute atomic E-state index is 0.189. The molecule has 0 radical (unpaired) electrons. The molecule has 0 bridgehead atoms. The van der Waals surface area contributed by atoms with Crippen molar-refractivity contribution in [3.8, 4) is 0 Å². The van der Waals surface area contributed by atoms with E-state index in [-0.39, 0.29) is 12.1 Å². The van der Waals surface area contributed by atoms with Crippen LogP contribution in [0.15, 0.2) is 23.4 Å². The number of rotatable bonds is 3. The third-order valence-corrected chi connectivity index (χ3v) is 2.89. The van der Waals surface area contributed by atoms with E-state index in [1.807, 2.05) is 6.07 Å². The second-order valence-corrected chi connectivity index (χ2v) is 4.18. The second kappa shape index (κ2) is 5.44. The molecule has 3 nitrogen and oxygen atoms in total. The summed E-state index contributed by atoms with van der Waals surface area (Å²) < 4.78 is 12.2. The van der Waals surface area contributed by atoms with Gasteiger partial charge >= 0.3 is 0 Å². The molecule has 0 amide bonds.